The van der Waals surface area contributed by atoms with Crippen LogP contribution in [0.3, 0.4) is 0 Å². The predicted octanol–water partition coefficient (Wildman–Crippen LogP) is 2.44. The molecule has 0 unspecified atom stereocenters. The highest BCUT2D eigenvalue weighted by atomic mass is 35.5. The van der Waals surface area contributed by atoms with Gasteiger partial charge in [-0.15, -0.1) is 0 Å². The lowest BCUT2D eigenvalue weighted by atomic mass is 10.1. The largest absolute Gasteiger partial charge is 0.478 e. The fourth-order valence-corrected chi connectivity index (χ4v) is 2.78. The van der Waals surface area contributed by atoms with E-state index in [1.165, 1.54) is 0 Å². The van der Waals surface area contributed by atoms with Gasteiger partial charge in [0.2, 0.25) is 0 Å². The first-order valence-electron chi connectivity index (χ1n) is 8.81. The summed E-state index contributed by atoms with van der Waals surface area (Å²) in [6.45, 7) is 6.61. The molecule has 1 aromatic heterocycles. The first-order valence-corrected chi connectivity index (χ1v) is 9.19. The average Bonchev–Trinajstić information content (AvgIpc) is 2.68. The molecule has 0 radical (unpaired) electrons. The van der Waals surface area contributed by atoms with E-state index in [0.29, 0.717) is 29.8 Å². The highest BCUT2D eigenvalue weighted by molar-refractivity contribution is 6.30. The number of anilines is 1. The molecule has 1 aliphatic heterocycles. The van der Waals surface area contributed by atoms with Crippen LogP contribution in [-0.4, -0.2) is 47.8 Å². The molecular weight excluding hydrogens is 368 g/mol. The van der Waals surface area contributed by atoms with Gasteiger partial charge in [0.25, 0.3) is 5.91 Å². The standard InChI is InChI=1S/C19H23ClN4O3/c1-19(2,27-15-5-3-14(20)4-6-15)18(25)22-13-16-21-8-7-17(23-16)24-9-11-26-12-10-24/h3-8H,9-13H2,1-2H3,(H,22,25). The summed E-state index contributed by atoms with van der Waals surface area (Å²) >= 11 is 5.87. The molecule has 0 spiro atoms. The summed E-state index contributed by atoms with van der Waals surface area (Å²) in [4.78, 5) is 23.5. The molecule has 0 aliphatic carbocycles. The van der Waals surface area contributed by atoms with Gasteiger partial charge in [-0.25, -0.2) is 9.97 Å². The number of ether oxygens (including phenoxy) is 2. The molecule has 0 bridgehead atoms. The van der Waals surface area contributed by atoms with Crippen molar-refractivity contribution < 1.29 is 14.3 Å². The maximum absolute atomic E-state index is 12.6. The predicted molar refractivity (Wildman–Crippen MR) is 103 cm³/mol. The lowest BCUT2D eigenvalue weighted by molar-refractivity contribution is -0.134. The molecule has 1 aromatic carbocycles. The van der Waals surface area contributed by atoms with E-state index in [2.05, 4.69) is 20.2 Å². The van der Waals surface area contributed by atoms with Gasteiger partial charge < -0.3 is 19.7 Å². The molecule has 1 saturated heterocycles. The van der Waals surface area contributed by atoms with E-state index in [1.807, 2.05) is 6.07 Å². The van der Waals surface area contributed by atoms with Crippen LogP contribution in [0.2, 0.25) is 5.02 Å². The van der Waals surface area contributed by atoms with E-state index in [-0.39, 0.29) is 12.5 Å². The van der Waals surface area contributed by atoms with Crippen LogP contribution in [-0.2, 0) is 16.1 Å². The first-order chi connectivity index (χ1) is 12.9. The van der Waals surface area contributed by atoms with Crippen molar-refractivity contribution >= 4 is 23.3 Å². The van der Waals surface area contributed by atoms with Gasteiger partial charge in [0.15, 0.2) is 5.60 Å². The number of nitrogens with zero attached hydrogens (tertiary/aromatic N) is 3. The van der Waals surface area contributed by atoms with Gasteiger partial charge in [0.1, 0.15) is 17.4 Å². The Labute approximate surface area is 163 Å². The van der Waals surface area contributed by atoms with Crippen molar-refractivity contribution in [3.8, 4) is 5.75 Å². The van der Waals surface area contributed by atoms with E-state index in [4.69, 9.17) is 21.1 Å². The number of carbonyl (C=O) groups excluding carboxylic acids is 1. The van der Waals surface area contributed by atoms with Crippen molar-refractivity contribution in [1.29, 1.82) is 0 Å². The maximum atomic E-state index is 12.6. The summed E-state index contributed by atoms with van der Waals surface area (Å²) in [7, 11) is 0. The summed E-state index contributed by atoms with van der Waals surface area (Å²) in [6, 6.07) is 8.76. The van der Waals surface area contributed by atoms with Crippen LogP contribution in [0.15, 0.2) is 36.5 Å². The maximum Gasteiger partial charge on any atom is 0.263 e. The zero-order valence-corrected chi connectivity index (χ0v) is 16.2. The number of hydrogen-bond donors (Lipinski definition) is 1. The Balaban J connectivity index is 1.58. The molecule has 0 atom stereocenters. The second-order valence-electron chi connectivity index (χ2n) is 6.68. The Kier molecular flexibility index (Phi) is 6.13. The number of nitrogens with one attached hydrogen (secondary N) is 1. The van der Waals surface area contributed by atoms with Crippen LogP contribution in [0, 0.1) is 0 Å². The smallest absolute Gasteiger partial charge is 0.263 e. The number of carbonyl (C=O) groups is 1. The van der Waals surface area contributed by atoms with Crippen molar-refractivity contribution in [2.75, 3.05) is 31.2 Å². The molecular formula is C19H23ClN4O3. The van der Waals surface area contributed by atoms with Crippen LogP contribution >= 0.6 is 11.6 Å². The Bertz CT molecular complexity index is 777. The number of benzene rings is 1. The van der Waals surface area contributed by atoms with Crippen molar-refractivity contribution in [2.45, 2.75) is 26.0 Å². The second kappa shape index (κ2) is 8.54. The first kappa shape index (κ1) is 19.4. The van der Waals surface area contributed by atoms with Crippen LogP contribution in [0.5, 0.6) is 5.75 Å². The molecule has 2 aromatic rings. The molecule has 1 aliphatic rings. The zero-order chi connectivity index (χ0) is 19.3. The van der Waals surface area contributed by atoms with Gasteiger partial charge in [-0.2, -0.15) is 0 Å². The van der Waals surface area contributed by atoms with Gasteiger partial charge in [-0.05, 0) is 44.2 Å². The highest BCUT2D eigenvalue weighted by Gasteiger charge is 2.30. The minimum Gasteiger partial charge on any atom is -0.478 e. The van der Waals surface area contributed by atoms with E-state index in [0.717, 1.165) is 18.9 Å². The average molecular weight is 391 g/mol. The molecule has 1 N–H and O–H groups in total. The molecule has 2 heterocycles. The van der Waals surface area contributed by atoms with Crippen LogP contribution in [0.25, 0.3) is 0 Å². The van der Waals surface area contributed by atoms with Crippen molar-refractivity contribution in [3.63, 3.8) is 0 Å². The normalized spacial score (nSPS) is 14.7. The Hall–Kier alpha value is -2.38. The number of amides is 1. The van der Waals surface area contributed by atoms with Gasteiger partial charge in [-0.1, -0.05) is 11.6 Å². The van der Waals surface area contributed by atoms with E-state index >= 15 is 0 Å². The molecule has 27 heavy (non-hydrogen) atoms. The van der Waals surface area contributed by atoms with Gasteiger partial charge >= 0.3 is 0 Å². The Morgan fingerprint density at radius 3 is 2.67 bits per heavy atom. The molecule has 8 heteroatoms. The Morgan fingerprint density at radius 1 is 1.26 bits per heavy atom. The SMILES string of the molecule is CC(C)(Oc1ccc(Cl)cc1)C(=O)NCc1nccc(N2CCOCC2)n1. The fourth-order valence-electron chi connectivity index (χ4n) is 2.66. The number of hydrogen-bond acceptors (Lipinski definition) is 6. The number of halogens is 1. The van der Waals surface area contributed by atoms with E-state index in [9.17, 15) is 4.79 Å². The lowest BCUT2D eigenvalue weighted by Crippen LogP contribution is -2.46. The molecule has 3 rings (SSSR count). The monoisotopic (exact) mass is 390 g/mol. The Morgan fingerprint density at radius 2 is 1.96 bits per heavy atom. The third-order valence-electron chi connectivity index (χ3n) is 4.17. The molecule has 144 valence electrons. The number of rotatable bonds is 6. The topological polar surface area (TPSA) is 76.6 Å². The van der Waals surface area contributed by atoms with E-state index < -0.39 is 5.60 Å². The number of morpholine rings is 1. The highest BCUT2D eigenvalue weighted by Crippen LogP contribution is 2.21. The third-order valence-corrected chi connectivity index (χ3v) is 4.42. The van der Waals surface area contributed by atoms with Crippen LogP contribution in [0.1, 0.15) is 19.7 Å². The summed E-state index contributed by atoms with van der Waals surface area (Å²) in [5.41, 5.74) is -1.05. The summed E-state index contributed by atoms with van der Waals surface area (Å²) in [5, 5.41) is 3.46. The summed E-state index contributed by atoms with van der Waals surface area (Å²) < 4.78 is 11.2. The minimum atomic E-state index is -1.05. The lowest BCUT2D eigenvalue weighted by Gasteiger charge is -2.28. The molecule has 7 nitrogen and oxygen atoms in total. The van der Waals surface area contributed by atoms with Gasteiger partial charge in [-0.3, -0.25) is 4.79 Å². The van der Waals surface area contributed by atoms with Gasteiger partial charge in [0, 0.05) is 24.3 Å². The number of aromatic nitrogens is 2. The van der Waals surface area contributed by atoms with Crippen molar-refractivity contribution in [2.24, 2.45) is 0 Å². The van der Waals surface area contributed by atoms with Crippen molar-refractivity contribution in [1.82, 2.24) is 15.3 Å². The van der Waals surface area contributed by atoms with Crippen molar-refractivity contribution in [3.05, 3.63) is 47.4 Å². The third kappa shape index (κ3) is 5.30. The summed E-state index contributed by atoms with van der Waals surface area (Å²) in [5.74, 6) is 1.71. The van der Waals surface area contributed by atoms with Crippen LogP contribution in [0.4, 0.5) is 5.82 Å². The molecule has 1 amide bonds. The van der Waals surface area contributed by atoms with E-state index in [1.54, 1.807) is 44.3 Å². The summed E-state index contributed by atoms with van der Waals surface area (Å²) in [6.07, 6.45) is 1.70. The molecule has 0 saturated carbocycles. The fraction of sp³-hybridized carbons (Fsp3) is 0.421. The molecule has 1 fully saturated rings. The second-order valence-corrected chi connectivity index (χ2v) is 7.12. The van der Waals surface area contributed by atoms with Gasteiger partial charge in [0.05, 0.1) is 19.8 Å². The minimum absolute atomic E-state index is 0.227. The van der Waals surface area contributed by atoms with Crippen LogP contribution < -0.4 is 15.0 Å². The zero-order valence-electron chi connectivity index (χ0n) is 15.4. The quantitative estimate of drug-likeness (QED) is 0.816.